The van der Waals surface area contributed by atoms with Crippen LogP contribution in [0.2, 0.25) is 10.0 Å². The van der Waals surface area contributed by atoms with Crippen molar-refractivity contribution in [2.45, 2.75) is 13.5 Å². The maximum absolute atomic E-state index is 11.6. The van der Waals surface area contributed by atoms with Crippen molar-refractivity contribution >= 4 is 52.0 Å². The Bertz CT molecular complexity index is 1660. The third-order valence-electron chi connectivity index (χ3n) is 5.52. The van der Waals surface area contributed by atoms with Crippen molar-refractivity contribution < 1.29 is 4.79 Å². The first-order valence-corrected chi connectivity index (χ1v) is 12.7. The number of anilines is 1. The van der Waals surface area contributed by atoms with Gasteiger partial charge < -0.3 is 9.88 Å². The van der Waals surface area contributed by atoms with Crippen LogP contribution in [0, 0.1) is 6.57 Å². The molecule has 1 aromatic carbocycles. The van der Waals surface area contributed by atoms with E-state index in [9.17, 15) is 4.79 Å². The lowest BCUT2D eigenvalue weighted by Gasteiger charge is -2.11. The zero-order chi connectivity index (χ0) is 25.9. The summed E-state index contributed by atoms with van der Waals surface area (Å²) in [7, 11) is 0. The molecule has 0 atom stereocenters. The molecule has 0 fully saturated rings. The van der Waals surface area contributed by atoms with E-state index in [0.717, 1.165) is 20.9 Å². The monoisotopic (exact) mass is 544 g/mol. The normalized spacial score (nSPS) is 10.8. The van der Waals surface area contributed by atoms with Crippen molar-refractivity contribution in [1.82, 2.24) is 19.5 Å². The van der Waals surface area contributed by atoms with Gasteiger partial charge in [0.1, 0.15) is 11.6 Å². The van der Waals surface area contributed by atoms with Crippen LogP contribution in [0.15, 0.2) is 73.4 Å². The predicted molar refractivity (Wildman–Crippen MR) is 148 cm³/mol. The van der Waals surface area contributed by atoms with E-state index in [4.69, 9.17) is 29.8 Å². The van der Waals surface area contributed by atoms with Gasteiger partial charge in [0, 0.05) is 58.4 Å². The number of hydrogen-bond donors (Lipinski definition) is 1. The number of thiophene rings is 1. The molecular weight excluding hydrogens is 527 g/mol. The van der Waals surface area contributed by atoms with Gasteiger partial charge in [-0.1, -0.05) is 35.3 Å². The number of halogens is 2. The summed E-state index contributed by atoms with van der Waals surface area (Å²) in [6.07, 6.45) is 8.78. The van der Waals surface area contributed by atoms with Crippen molar-refractivity contribution in [3.63, 3.8) is 0 Å². The number of pyridine rings is 2. The second kappa shape index (κ2) is 10.5. The molecule has 0 unspecified atom stereocenters. The Morgan fingerprint density at radius 2 is 1.97 bits per heavy atom. The highest BCUT2D eigenvalue weighted by molar-refractivity contribution is 7.20. The maximum Gasteiger partial charge on any atom is 0.222 e. The van der Waals surface area contributed by atoms with Crippen molar-refractivity contribution in [2.24, 2.45) is 0 Å². The standard InChI is InChI=1S/C27H18Cl2N6OS/c1-16(36)34-22-12-18(7-9-32-22)25-24(30-2)23(20-6-5-19(28)13-21(20)29)26(37-25)27-33-10-11-35(27)15-17-4-3-8-31-14-17/h3-14H,15H2,1H3,(H,32,34,36). The van der Waals surface area contributed by atoms with E-state index in [0.29, 0.717) is 45.0 Å². The van der Waals surface area contributed by atoms with Crippen LogP contribution in [0.1, 0.15) is 12.5 Å². The van der Waals surface area contributed by atoms with Crippen LogP contribution in [0.25, 0.3) is 37.1 Å². The van der Waals surface area contributed by atoms with Crippen LogP contribution in [0.5, 0.6) is 0 Å². The van der Waals surface area contributed by atoms with E-state index < -0.39 is 0 Å². The number of nitrogens with one attached hydrogen (secondary N) is 1. The largest absolute Gasteiger partial charge is 0.326 e. The van der Waals surface area contributed by atoms with Gasteiger partial charge in [-0.05, 0) is 47.0 Å². The Labute approximate surface area is 227 Å². The third-order valence-corrected chi connectivity index (χ3v) is 7.29. The summed E-state index contributed by atoms with van der Waals surface area (Å²) in [5, 5.41) is 3.64. The molecule has 182 valence electrons. The molecule has 0 bridgehead atoms. The minimum Gasteiger partial charge on any atom is -0.326 e. The Morgan fingerprint density at radius 1 is 1.11 bits per heavy atom. The van der Waals surface area contributed by atoms with Gasteiger partial charge in [-0.25, -0.2) is 14.8 Å². The van der Waals surface area contributed by atoms with E-state index in [-0.39, 0.29) is 5.91 Å². The van der Waals surface area contributed by atoms with Gasteiger partial charge in [-0.2, -0.15) is 0 Å². The zero-order valence-electron chi connectivity index (χ0n) is 19.4. The molecule has 10 heteroatoms. The summed E-state index contributed by atoms with van der Waals surface area (Å²) < 4.78 is 2.02. The third kappa shape index (κ3) is 5.11. The fraction of sp³-hybridized carbons (Fsp3) is 0.0741. The Hall–Kier alpha value is -4.03. The molecule has 0 aliphatic rings. The summed E-state index contributed by atoms with van der Waals surface area (Å²) in [5.41, 5.74) is 3.55. The van der Waals surface area contributed by atoms with Gasteiger partial charge in [-0.3, -0.25) is 9.78 Å². The maximum atomic E-state index is 11.6. The summed E-state index contributed by atoms with van der Waals surface area (Å²) in [4.78, 5) is 30.1. The van der Waals surface area contributed by atoms with Gasteiger partial charge in [0.05, 0.1) is 18.0 Å². The molecule has 0 spiro atoms. The molecule has 7 nitrogen and oxygen atoms in total. The Morgan fingerprint density at radius 3 is 2.70 bits per heavy atom. The van der Waals surface area contributed by atoms with Gasteiger partial charge >= 0.3 is 0 Å². The molecule has 0 saturated heterocycles. The molecule has 4 aromatic heterocycles. The van der Waals surface area contributed by atoms with E-state index in [1.54, 1.807) is 36.8 Å². The molecule has 5 aromatic rings. The van der Waals surface area contributed by atoms with Gasteiger partial charge in [-0.15, -0.1) is 11.3 Å². The first kappa shape index (κ1) is 24.7. The Balaban J connectivity index is 1.74. The van der Waals surface area contributed by atoms with Crippen LogP contribution in [-0.4, -0.2) is 25.4 Å². The van der Waals surface area contributed by atoms with Crippen LogP contribution in [0.4, 0.5) is 11.5 Å². The number of benzene rings is 1. The molecule has 1 amide bonds. The molecule has 37 heavy (non-hydrogen) atoms. The van der Waals surface area contributed by atoms with E-state index in [1.165, 1.54) is 18.3 Å². The number of hydrogen-bond acceptors (Lipinski definition) is 5. The lowest BCUT2D eigenvalue weighted by atomic mass is 10.0. The number of imidazole rings is 1. The van der Waals surface area contributed by atoms with E-state index in [2.05, 4.69) is 25.1 Å². The molecule has 0 aliphatic heterocycles. The number of nitrogens with zero attached hydrogens (tertiary/aromatic N) is 5. The summed E-state index contributed by atoms with van der Waals surface area (Å²) in [6.45, 7) is 10.1. The van der Waals surface area contributed by atoms with Gasteiger partial charge in [0.2, 0.25) is 11.6 Å². The van der Waals surface area contributed by atoms with Crippen molar-refractivity contribution in [3.8, 4) is 32.3 Å². The molecule has 0 saturated carbocycles. The zero-order valence-corrected chi connectivity index (χ0v) is 21.8. The fourth-order valence-corrected chi connectivity index (χ4v) is 5.75. The van der Waals surface area contributed by atoms with Crippen LogP contribution in [-0.2, 0) is 11.3 Å². The number of amides is 1. The summed E-state index contributed by atoms with van der Waals surface area (Å²) >= 11 is 14.3. The van der Waals surface area contributed by atoms with Gasteiger partial charge in [0.15, 0.2) is 0 Å². The Kier molecular flexibility index (Phi) is 7.01. The highest BCUT2D eigenvalue weighted by Gasteiger charge is 2.26. The smallest absolute Gasteiger partial charge is 0.222 e. The number of rotatable bonds is 6. The van der Waals surface area contributed by atoms with E-state index >= 15 is 0 Å². The van der Waals surface area contributed by atoms with Crippen molar-refractivity contribution in [2.75, 3.05) is 5.32 Å². The van der Waals surface area contributed by atoms with Crippen LogP contribution >= 0.6 is 34.5 Å². The lowest BCUT2D eigenvalue weighted by molar-refractivity contribution is -0.114. The average Bonchev–Trinajstić information content (AvgIpc) is 3.48. The minimum absolute atomic E-state index is 0.229. The highest BCUT2D eigenvalue weighted by atomic mass is 35.5. The summed E-state index contributed by atoms with van der Waals surface area (Å²) in [5.74, 6) is 0.871. The number of aromatic nitrogens is 4. The SMILES string of the molecule is [C-]#[N+]c1c(-c2ccnc(NC(C)=O)c2)sc(-c2nccn2Cc2cccnc2)c1-c1ccc(Cl)cc1Cl. The molecule has 0 radical (unpaired) electrons. The number of carbonyl (C=O) groups is 1. The fourth-order valence-electron chi connectivity index (χ4n) is 3.98. The second-order valence-electron chi connectivity index (χ2n) is 8.07. The molecule has 1 N–H and O–H groups in total. The van der Waals surface area contributed by atoms with E-state index in [1.807, 2.05) is 41.2 Å². The summed E-state index contributed by atoms with van der Waals surface area (Å²) in [6, 6.07) is 12.7. The topological polar surface area (TPSA) is 77.1 Å². The number of carbonyl (C=O) groups excluding carboxylic acids is 1. The van der Waals surface area contributed by atoms with Crippen LogP contribution < -0.4 is 5.32 Å². The lowest BCUT2D eigenvalue weighted by Crippen LogP contribution is -2.07. The molecule has 5 rings (SSSR count). The van der Waals surface area contributed by atoms with Crippen LogP contribution in [0.3, 0.4) is 0 Å². The second-order valence-corrected chi connectivity index (χ2v) is 9.94. The quantitative estimate of drug-likeness (QED) is 0.223. The predicted octanol–water partition coefficient (Wildman–Crippen LogP) is 7.60. The van der Waals surface area contributed by atoms with Gasteiger partial charge in [0.25, 0.3) is 0 Å². The minimum atomic E-state index is -0.229. The van der Waals surface area contributed by atoms with Crippen molar-refractivity contribution in [1.29, 1.82) is 0 Å². The molecule has 4 heterocycles. The van der Waals surface area contributed by atoms with Crippen molar-refractivity contribution in [3.05, 3.63) is 100 Å². The highest BCUT2D eigenvalue weighted by Crippen LogP contribution is 2.53. The molecule has 0 aliphatic carbocycles. The molecular formula is C27H18Cl2N6OS. The first-order chi connectivity index (χ1) is 17.9. The average molecular weight is 545 g/mol. The first-order valence-electron chi connectivity index (χ1n) is 11.1.